The molecule has 1 saturated carbocycles. The SMILES string of the molecule is CN(CC(=O)O)C1CCN(CC(=O)NC2CCCCCCC2)CC1.Cl. The van der Waals surface area contributed by atoms with Gasteiger partial charge in [-0.1, -0.05) is 32.1 Å². The predicted octanol–water partition coefficient (Wildman–Crippen LogP) is 2.12. The number of likely N-dealkylation sites (N-methyl/N-ethyl adjacent to an activating group) is 1. The van der Waals surface area contributed by atoms with Crippen molar-refractivity contribution in [2.75, 3.05) is 33.2 Å². The molecule has 1 saturated heterocycles. The van der Waals surface area contributed by atoms with E-state index in [1.807, 2.05) is 11.9 Å². The van der Waals surface area contributed by atoms with Gasteiger partial charge >= 0.3 is 5.97 Å². The van der Waals surface area contributed by atoms with Crippen LogP contribution in [0.3, 0.4) is 0 Å². The number of hydrogen-bond donors (Lipinski definition) is 2. The zero-order valence-electron chi connectivity index (χ0n) is 15.4. The lowest BCUT2D eigenvalue weighted by molar-refractivity contribution is -0.138. The van der Waals surface area contributed by atoms with Crippen LogP contribution in [0.5, 0.6) is 0 Å². The van der Waals surface area contributed by atoms with E-state index in [9.17, 15) is 9.59 Å². The zero-order chi connectivity index (χ0) is 17.4. The molecule has 0 radical (unpaired) electrons. The van der Waals surface area contributed by atoms with Crippen molar-refractivity contribution in [3.8, 4) is 0 Å². The third-order valence-corrected chi connectivity index (χ3v) is 5.40. The summed E-state index contributed by atoms with van der Waals surface area (Å²) in [5.41, 5.74) is 0. The van der Waals surface area contributed by atoms with Gasteiger partial charge in [-0.15, -0.1) is 12.4 Å². The smallest absolute Gasteiger partial charge is 0.317 e. The summed E-state index contributed by atoms with van der Waals surface area (Å²) in [7, 11) is 1.87. The molecule has 2 N–H and O–H groups in total. The maximum atomic E-state index is 12.3. The lowest BCUT2D eigenvalue weighted by Crippen LogP contribution is -2.48. The Kier molecular flexibility index (Phi) is 10.4. The number of nitrogens with one attached hydrogen (secondary N) is 1. The van der Waals surface area contributed by atoms with Gasteiger partial charge in [0.1, 0.15) is 0 Å². The number of amides is 1. The monoisotopic (exact) mass is 375 g/mol. The number of likely N-dealkylation sites (tertiary alicyclic amines) is 1. The van der Waals surface area contributed by atoms with Crippen LogP contribution in [0.15, 0.2) is 0 Å². The van der Waals surface area contributed by atoms with Crippen molar-refractivity contribution in [3.63, 3.8) is 0 Å². The Morgan fingerprint density at radius 1 is 1.04 bits per heavy atom. The van der Waals surface area contributed by atoms with E-state index in [2.05, 4.69) is 10.2 Å². The Bertz CT molecular complexity index is 406. The van der Waals surface area contributed by atoms with Crippen LogP contribution in [0.4, 0.5) is 0 Å². The van der Waals surface area contributed by atoms with E-state index in [0.29, 0.717) is 18.6 Å². The molecule has 146 valence electrons. The molecule has 2 aliphatic rings. The first-order valence-corrected chi connectivity index (χ1v) is 9.48. The molecular weight excluding hydrogens is 342 g/mol. The van der Waals surface area contributed by atoms with Crippen molar-refractivity contribution in [1.82, 2.24) is 15.1 Å². The third-order valence-electron chi connectivity index (χ3n) is 5.40. The fourth-order valence-electron chi connectivity index (χ4n) is 3.94. The molecule has 0 aromatic carbocycles. The van der Waals surface area contributed by atoms with E-state index in [4.69, 9.17) is 5.11 Å². The molecule has 2 rings (SSSR count). The van der Waals surface area contributed by atoms with Crippen LogP contribution in [0, 0.1) is 0 Å². The van der Waals surface area contributed by atoms with Crippen LogP contribution < -0.4 is 5.32 Å². The molecule has 0 unspecified atom stereocenters. The second kappa shape index (κ2) is 11.7. The van der Waals surface area contributed by atoms with Gasteiger partial charge < -0.3 is 10.4 Å². The Hall–Kier alpha value is -0.850. The van der Waals surface area contributed by atoms with E-state index in [1.54, 1.807) is 0 Å². The highest BCUT2D eigenvalue weighted by molar-refractivity contribution is 5.85. The van der Waals surface area contributed by atoms with Crippen LogP contribution in [0.1, 0.15) is 57.8 Å². The molecule has 0 aromatic heterocycles. The molecule has 1 heterocycles. The summed E-state index contributed by atoms with van der Waals surface area (Å²) in [6.45, 7) is 2.30. The van der Waals surface area contributed by atoms with Crippen molar-refractivity contribution in [2.45, 2.75) is 69.9 Å². The third kappa shape index (κ3) is 8.38. The molecule has 25 heavy (non-hydrogen) atoms. The average Bonchev–Trinajstić information content (AvgIpc) is 2.50. The number of piperidine rings is 1. The van der Waals surface area contributed by atoms with Crippen molar-refractivity contribution in [3.05, 3.63) is 0 Å². The molecule has 1 amide bonds. The van der Waals surface area contributed by atoms with Gasteiger partial charge in [0, 0.05) is 25.2 Å². The first-order chi connectivity index (χ1) is 11.5. The number of carboxylic acid groups (broad SMARTS) is 1. The second-order valence-corrected chi connectivity index (χ2v) is 7.43. The maximum Gasteiger partial charge on any atom is 0.317 e. The Morgan fingerprint density at radius 2 is 1.60 bits per heavy atom. The van der Waals surface area contributed by atoms with E-state index >= 15 is 0 Å². The Labute approximate surface area is 157 Å². The number of halogens is 1. The van der Waals surface area contributed by atoms with Gasteiger partial charge in [0.25, 0.3) is 0 Å². The maximum absolute atomic E-state index is 12.3. The summed E-state index contributed by atoms with van der Waals surface area (Å²) in [5.74, 6) is -0.628. The van der Waals surface area contributed by atoms with Gasteiger partial charge in [0.05, 0.1) is 13.1 Å². The molecular formula is C18H34ClN3O3. The van der Waals surface area contributed by atoms with Gasteiger partial charge in [-0.3, -0.25) is 19.4 Å². The zero-order valence-corrected chi connectivity index (χ0v) is 16.2. The minimum atomic E-state index is -0.779. The lowest BCUT2D eigenvalue weighted by atomic mass is 9.96. The summed E-state index contributed by atoms with van der Waals surface area (Å²) in [6, 6.07) is 0.669. The van der Waals surface area contributed by atoms with Crippen LogP contribution >= 0.6 is 12.4 Å². The molecule has 0 bridgehead atoms. The summed E-state index contributed by atoms with van der Waals surface area (Å²) < 4.78 is 0. The number of carboxylic acids is 1. The van der Waals surface area contributed by atoms with Crippen molar-refractivity contribution >= 4 is 24.3 Å². The fraction of sp³-hybridized carbons (Fsp3) is 0.889. The molecule has 1 aliphatic carbocycles. The number of hydrogen-bond acceptors (Lipinski definition) is 4. The minimum absolute atomic E-state index is 0. The molecule has 7 heteroatoms. The summed E-state index contributed by atoms with van der Waals surface area (Å²) in [6.07, 6.45) is 10.5. The molecule has 2 fully saturated rings. The van der Waals surface area contributed by atoms with Crippen molar-refractivity contribution in [2.24, 2.45) is 0 Å². The highest BCUT2D eigenvalue weighted by Gasteiger charge is 2.25. The molecule has 0 atom stereocenters. The van der Waals surface area contributed by atoms with Crippen molar-refractivity contribution in [1.29, 1.82) is 0 Å². The Morgan fingerprint density at radius 3 is 2.16 bits per heavy atom. The van der Waals surface area contributed by atoms with E-state index in [-0.39, 0.29) is 24.9 Å². The fourth-order valence-corrected chi connectivity index (χ4v) is 3.94. The first-order valence-electron chi connectivity index (χ1n) is 9.48. The molecule has 0 aromatic rings. The highest BCUT2D eigenvalue weighted by Crippen LogP contribution is 2.18. The van der Waals surface area contributed by atoms with Gasteiger partial charge in [-0.25, -0.2) is 0 Å². The minimum Gasteiger partial charge on any atom is -0.480 e. The van der Waals surface area contributed by atoms with Crippen LogP contribution in [-0.4, -0.2) is 72.1 Å². The number of aliphatic carboxylic acids is 1. The normalized spacial score (nSPS) is 21.2. The first kappa shape index (κ1) is 22.2. The molecule has 6 nitrogen and oxygen atoms in total. The molecule has 0 spiro atoms. The number of nitrogens with zero attached hydrogens (tertiary/aromatic N) is 2. The summed E-state index contributed by atoms with van der Waals surface area (Å²) in [5, 5.41) is 12.1. The van der Waals surface area contributed by atoms with Crippen LogP contribution in [0.2, 0.25) is 0 Å². The standard InChI is InChI=1S/C18H33N3O3.ClH/c1-20(14-18(23)24)16-9-11-21(12-10-16)13-17(22)19-15-7-5-3-2-4-6-8-15;/h15-16H,2-14H2,1H3,(H,19,22)(H,23,24);1H. The Balaban J connectivity index is 0.00000312. The summed E-state index contributed by atoms with van der Waals surface area (Å²) >= 11 is 0. The van der Waals surface area contributed by atoms with Crippen molar-refractivity contribution < 1.29 is 14.7 Å². The topological polar surface area (TPSA) is 72.9 Å². The van der Waals surface area contributed by atoms with Crippen LogP contribution in [0.25, 0.3) is 0 Å². The number of carbonyl (C=O) groups is 2. The van der Waals surface area contributed by atoms with Gasteiger partial charge in [-0.2, -0.15) is 0 Å². The van der Waals surface area contributed by atoms with E-state index < -0.39 is 5.97 Å². The number of rotatable bonds is 6. The predicted molar refractivity (Wildman–Crippen MR) is 101 cm³/mol. The van der Waals surface area contributed by atoms with Crippen LogP contribution in [-0.2, 0) is 9.59 Å². The lowest BCUT2D eigenvalue weighted by Gasteiger charge is -2.36. The number of carbonyl (C=O) groups excluding carboxylic acids is 1. The second-order valence-electron chi connectivity index (χ2n) is 7.43. The summed E-state index contributed by atoms with van der Waals surface area (Å²) in [4.78, 5) is 27.2. The quantitative estimate of drug-likeness (QED) is 0.743. The van der Waals surface area contributed by atoms with E-state index in [1.165, 1.54) is 32.1 Å². The average molecular weight is 376 g/mol. The van der Waals surface area contributed by atoms with E-state index in [0.717, 1.165) is 38.8 Å². The highest BCUT2D eigenvalue weighted by atomic mass is 35.5. The van der Waals surface area contributed by atoms with Gasteiger partial charge in [-0.05, 0) is 32.7 Å². The largest absolute Gasteiger partial charge is 0.480 e. The van der Waals surface area contributed by atoms with Gasteiger partial charge in [0.2, 0.25) is 5.91 Å². The van der Waals surface area contributed by atoms with Gasteiger partial charge in [0.15, 0.2) is 0 Å². The molecule has 1 aliphatic heterocycles.